The first kappa shape index (κ1) is 20.7. The van der Waals surface area contributed by atoms with Crippen LogP contribution in [0.25, 0.3) is 0 Å². The van der Waals surface area contributed by atoms with Crippen LogP contribution in [0.4, 0.5) is 5.69 Å². The van der Waals surface area contributed by atoms with Crippen LogP contribution in [-0.2, 0) is 9.59 Å². The second-order valence-corrected chi connectivity index (χ2v) is 8.50. The highest BCUT2D eigenvalue weighted by atomic mass is 35.5. The maximum absolute atomic E-state index is 12.9. The van der Waals surface area contributed by atoms with Gasteiger partial charge < -0.3 is 15.1 Å². The van der Waals surface area contributed by atoms with E-state index in [9.17, 15) is 9.59 Å². The lowest BCUT2D eigenvalue weighted by Gasteiger charge is -2.39. The van der Waals surface area contributed by atoms with Crippen LogP contribution >= 0.6 is 35.6 Å². The average molecular weight is 433 g/mol. The topological polar surface area (TPSA) is 52.7 Å². The molecule has 3 aliphatic heterocycles. The molecule has 27 heavy (non-hydrogen) atoms. The Bertz CT molecular complexity index is 727. The first-order chi connectivity index (χ1) is 12.5. The Kier molecular flexibility index (Phi) is 6.26. The zero-order chi connectivity index (χ0) is 18.3. The number of piperidine rings is 1. The number of benzene rings is 1. The van der Waals surface area contributed by atoms with Gasteiger partial charge in [-0.25, -0.2) is 0 Å². The number of nitrogens with zero attached hydrogens (tertiary/aromatic N) is 2. The summed E-state index contributed by atoms with van der Waals surface area (Å²) in [7, 11) is 0. The molecule has 5 nitrogen and oxygen atoms in total. The third kappa shape index (κ3) is 3.93. The van der Waals surface area contributed by atoms with Crippen molar-refractivity contribution in [3.63, 3.8) is 0 Å². The second-order valence-electron chi connectivity index (χ2n) is 7.68. The minimum atomic E-state index is -0.569. The van der Waals surface area contributed by atoms with E-state index in [4.69, 9.17) is 23.2 Å². The molecule has 3 aliphatic rings. The summed E-state index contributed by atoms with van der Waals surface area (Å²) in [6, 6.07) is 5.14. The Labute approximate surface area is 175 Å². The molecule has 1 atom stereocenters. The number of halogens is 3. The molecular weight excluding hydrogens is 409 g/mol. The van der Waals surface area contributed by atoms with Gasteiger partial charge in [-0.1, -0.05) is 23.2 Å². The normalized spacial score (nSPS) is 24.4. The number of nitrogens with one attached hydrogen (secondary N) is 1. The van der Waals surface area contributed by atoms with Crippen LogP contribution in [0.2, 0.25) is 10.0 Å². The average Bonchev–Trinajstić information content (AvgIpc) is 3.25. The summed E-state index contributed by atoms with van der Waals surface area (Å²) in [4.78, 5) is 29.3. The van der Waals surface area contributed by atoms with Crippen molar-refractivity contribution in [3.8, 4) is 0 Å². The first-order valence-corrected chi connectivity index (χ1v) is 10.0. The van der Waals surface area contributed by atoms with Crippen LogP contribution in [-0.4, -0.2) is 49.4 Å². The van der Waals surface area contributed by atoms with Gasteiger partial charge in [0.25, 0.3) is 0 Å². The lowest BCUT2D eigenvalue weighted by molar-refractivity contribution is -0.141. The van der Waals surface area contributed by atoms with Gasteiger partial charge in [-0.15, -0.1) is 12.4 Å². The standard InChI is InChI=1S/C19H23Cl2N3O2.ClH/c20-15-2-1-13(11-16(15)21)24-8-3-14(18(24)26)17(25)23-9-5-19(6-10-23)4-7-22-12-19;/h1-2,11,14,22H,3-10,12H2;1H. The van der Waals surface area contributed by atoms with E-state index in [1.807, 2.05) is 4.90 Å². The van der Waals surface area contributed by atoms with E-state index in [0.717, 1.165) is 39.0 Å². The van der Waals surface area contributed by atoms with Crippen molar-refractivity contribution in [2.24, 2.45) is 11.3 Å². The number of carbonyl (C=O) groups is 2. The summed E-state index contributed by atoms with van der Waals surface area (Å²) in [6.07, 6.45) is 3.82. The minimum absolute atomic E-state index is 0. The predicted molar refractivity (Wildman–Crippen MR) is 110 cm³/mol. The van der Waals surface area contributed by atoms with Crippen LogP contribution in [0, 0.1) is 11.3 Å². The van der Waals surface area contributed by atoms with Crippen LogP contribution in [0.15, 0.2) is 18.2 Å². The zero-order valence-corrected chi connectivity index (χ0v) is 17.4. The van der Waals surface area contributed by atoms with E-state index in [2.05, 4.69) is 5.32 Å². The highest BCUT2D eigenvalue weighted by Gasteiger charge is 2.43. The van der Waals surface area contributed by atoms with Gasteiger partial charge in [0.15, 0.2) is 0 Å². The number of hydrogen-bond acceptors (Lipinski definition) is 3. The Morgan fingerprint density at radius 3 is 2.48 bits per heavy atom. The van der Waals surface area contributed by atoms with Crippen LogP contribution in [0.3, 0.4) is 0 Å². The Morgan fingerprint density at radius 1 is 1.11 bits per heavy atom. The molecule has 2 amide bonds. The van der Waals surface area contributed by atoms with E-state index in [0.29, 0.717) is 34.1 Å². The maximum Gasteiger partial charge on any atom is 0.239 e. The van der Waals surface area contributed by atoms with E-state index in [1.165, 1.54) is 6.42 Å². The van der Waals surface area contributed by atoms with Crippen molar-refractivity contribution in [2.75, 3.05) is 37.6 Å². The molecule has 1 N–H and O–H groups in total. The third-order valence-electron chi connectivity index (χ3n) is 6.19. The fourth-order valence-corrected chi connectivity index (χ4v) is 4.75. The minimum Gasteiger partial charge on any atom is -0.342 e. The van der Waals surface area contributed by atoms with E-state index >= 15 is 0 Å². The molecular formula is C19H24Cl3N3O2. The number of likely N-dealkylation sites (tertiary alicyclic amines) is 1. The number of anilines is 1. The molecule has 1 aromatic carbocycles. The summed E-state index contributed by atoms with van der Waals surface area (Å²) < 4.78 is 0. The fraction of sp³-hybridized carbons (Fsp3) is 0.579. The van der Waals surface area contributed by atoms with Crippen molar-refractivity contribution in [2.45, 2.75) is 25.7 Å². The molecule has 4 rings (SSSR count). The highest BCUT2D eigenvalue weighted by molar-refractivity contribution is 6.42. The number of rotatable bonds is 2. The van der Waals surface area contributed by atoms with E-state index in [1.54, 1.807) is 23.1 Å². The van der Waals surface area contributed by atoms with Crippen molar-refractivity contribution < 1.29 is 9.59 Å². The molecule has 0 radical (unpaired) electrons. The number of hydrogen-bond donors (Lipinski definition) is 1. The van der Waals surface area contributed by atoms with Gasteiger partial charge in [-0.2, -0.15) is 0 Å². The smallest absolute Gasteiger partial charge is 0.239 e. The van der Waals surface area contributed by atoms with Gasteiger partial charge >= 0.3 is 0 Å². The predicted octanol–water partition coefficient (Wildman–Crippen LogP) is 3.37. The Hall–Kier alpha value is -1.01. The molecule has 0 aromatic heterocycles. The zero-order valence-electron chi connectivity index (χ0n) is 15.0. The second kappa shape index (κ2) is 8.16. The summed E-state index contributed by atoms with van der Waals surface area (Å²) in [5, 5.41) is 4.31. The van der Waals surface area contributed by atoms with Crippen LogP contribution in [0.5, 0.6) is 0 Å². The van der Waals surface area contributed by atoms with Crippen molar-refractivity contribution in [3.05, 3.63) is 28.2 Å². The van der Waals surface area contributed by atoms with Gasteiger partial charge in [0.2, 0.25) is 11.8 Å². The quantitative estimate of drug-likeness (QED) is 0.729. The van der Waals surface area contributed by atoms with E-state index < -0.39 is 5.92 Å². The summed E-state index contributed by atoms with van der Waals surface area (Å²) in [5.74, 6) is -0.713. The monoisotopic (exact) mass is 431 g/mol. The molecule has 1 aromatic rings. The molecule has 3 fully saturated rings. The van der Waals surface area contributed by atoms with Gasteiger partial charge in [0, 0.05) is 31.9 Å². The molecule has 1 unspecified atom stereocenters. The van der Waals surface area contributed by atoms with Gasteiger partial charge in [-0.3, -0.25) is 9.59 Å². The fourth-order valence-electron chi connectivity index (χ4n) is 4.46. The number of amides is 2. The van der Waals surface area contributed by atoms with E-state index in [-0.39, 0.29) is 24.2 Å². The van der Waals surface area contributed by atoms with Gasteiger partial charge in [-0.05, 0) is 55.8 Å². The van der Waals surface area contributed by atoms with Crippen molar-refractivity contribution in [1.29, 1.82) is 0 Å². The Morgan fingerprint density at radius 2 is 1.85 bits per heavy atom. The van der Waals surface area contributed by atoms with Crippen LogP contribution < -0.4 is 10.2 Å². The summed E-state index contributed by atoms with van der Waals surface area (Å²) in [5.41, 5.74) is 1.07. The van der Waals surface area contributed by atoms with Crippen molar-refractivity contribution in [1.82, 2.24) is 10.2 Å². The molecule has 0 aliphatic carbocycles. The first-order valence-electron chi connectivity index (χ1n) is 9.25. The summed E-state index contributed by atoms with van der Waals surface area (Å²) in [6.45, 7) is 4.19. The molecule has 3 heterocycles. The maximum atomic E-state index is 12.9. The molecule has 0 saturated carbocycles. The summed E-state index contributed by atoms with van der Waals surface area (Å²) >= 11 is 12.0. The number of carbonyl (C=O) groups excluding carboxylic acids is 2. The lowest BCUT2D eigenvalue weighted by Crippen LogP contribution is -2.47. The molecule has 1 spiro atoms. The molecule has 148 valence electrons. The third-order valence-corrected chi connectivity index (χ3v) is 6.93. The lowest BCUT2D eigenvalue weighted by atomic mass is 9.77. The van der Waals surface area contributed by atoms with Crippen molar-refractivity contribution >= 4 is 53.1 Å². The Balaban J connectivity index is 0.00000210. The van der Waals surface area contributed by atoms with Gasteiger partial charge in [0.05, 0.1) is 10.0 Å². The molecule has 8 heteroatoms. The molecule has 3 saturated heterocycles. The highest BCUT2D eigenvalue weighted by Crippen LogP contribution is 2.38. The molecule has 0 bridgehead atoms. The largest absolute Gasteiger partial charge is 0.342 e. The van der Waals surface area contributed by atoms with Gasteiger partial charge in [0.1, 0.15) is 5.92 Å². The van der Waals surface area contributed by atoms with Crippen LogP contribution in [0.1, 0.15) is 25.7 Å². The SMILES string of the molecule is Cl.O=C(C1CCN(c2ccc(Cl)c(Cl)c2)C1=O)N1CCC2(CCNC2)CC1.